The second-order valence-electron chi connectivity index (χ2n) is 6.81. The van der Waals surface area contributed by atoms with Gasteiger partial charge < -0.3 is 10.2 Å². The van der Waals surface area contributed by atoms with Crippen LogP contribution in [0.5, 0.6) is 0 Å². The highest BCUT2D eigenvalue weighted by atomic mass is 16.4. The highest BCUT2D eigenvalue weighted by molar-refractivity contribution is 5.89. The molecular weight excluding hydrogens is 328 g/mol. The first-order chi connectivity index (χ1) is 12.3. The smallest absolute Gasteiger partial charge is 0.335 e. The second kappa shape index (κ2) is 6.64. The van der Waals surface area contributed by atoms with Gasteiger partial charge in [-0.15, -0.1) is 0 Å². The first-order valence-corrected chi connectivity index (χ1v) is 8.38. The highest BCUT2D eigenvalue weighted by Crippen LogP contribution is 2.44. The Morgan fingerprint density at radius 3 is 1.88 bits per heavy atom. The van der Waals surface area contributed by atoms with Gasteiger partial charge in [0.25, 0.3) is 0 Å². The van der Waals surface area contributed by atoms with Crippen LogP contribution in [0.15, 0.2) is 66.3 Å². The third-order valence-electron chi connectivity index (χ3n) is 5.01. The largest absolute Gasteiger partial charge is 0.478 e. The molecule has 0 aromatic heterocycles. The van der Waals surface area contributed by atoms with Crippen LogP contribution in [0.25, 0.3) is 5.57 Å². The zero-order valence-electron chi connectivity index (χ0n) is 14.7. The quantitative estimate of drug-likeness (QED) is 0.834. The van der Waals surface area contributed by atoms with Crippen LogP contribution in [0.3, 0.4) is 0 Å². The minimum Gasteiger partial charge on any atom is -0.478 e. The van der Waals surface area contributed by atoms with Crippen molar-refractivity contribution in [3.63, 3.8) is 0 Å². The summed E-state index contributed by atoms with van der Waals surface area (Å²) in [6.07, 6.45) is 5.07. The standard InChI is InChI=1S/C22H20O4/c1-14-11-12-22(2,18-9-7-17(8-10-18)21(25)26)19(13-14)15-3-5-16(6-4-15)20(23)24/h3-11,13H,12H2,1-2H3,(H,23,24)(H,25,26). The third kappa shape index (κ3) is 3.18. The highest BCUT2D eigenvalue weighted by Gasteiger charge is 2.33. The van der Waals surface area contributed by atoms with Gasteiger partial charge in [0.1, 0.15) is 0 Å². The van der Waals surface area contributed by atoms with Crippen molar-refractivity contribution in [3.05, 3.63) is 88.5 Å². The molecule has 0 bridgehead atoms. The molecule has 2 aromatic carbocycles. The molecule has 2 aromatic rings. The van der Waals surface area contributed by atoms with Crippen LogP contribution < -0.4 is 0 Å². The number of hydrogen-bond donors (Lipinski definition) is 2. The van der Waals surface area contributed by atoms with Crippen LogP contribution in [0.4, 0.5) is 0 Å². The van der Waals surface area contributed by atoms with E-state index in [2.05, 4.69) is 19.1 Å². The third-order valence-corrected chi connectivity index (χ3v) is 5.01. The van der Waals surface area contributed by atoms with Gasteiger partial charge >= 0.3 is 11.9 Å². The molecule has 0 amide bonds. The molecular formula is C22H20O4. The van der Waals surface area contributed by atoms with E-state index < -0.39 is 11.9 Å². The first-order valence-electron chi connectivity index (χ1n) is 8.38. The van der Waals surface area contributed by atoms with Crippen molar-refractivity contribution in [1.82, 2.24) is 0 Å². The molecule has 1 aliphatic carbocycles. The lowest BCUT2D eigenvalue weighted by Gasteiger charge is -2.35. The molecule has 0 saturated carbocycles. The normalized spacial score (nSPS) is 19.5. The predicted octanol–water partition coefficient (Wildman–Crippen LogP) is 4.77. The summed E-state index contributed by atoms with van der Waals surface area (Å²) in [5.41, 5.74) is 4.44. The average Bonchev–Trinajstić information content (AvgIpc) is 2.64. The maximum Gasteiger partial charge on any atom is 0.335 e. The van der Waals surface area contributed by atoms with E-state index in [4.69, 9.17) is 10.2 Å². The average molecular weight is 348 g/mol. The number of carbonyl (C=O) groups is 2. The minimum absolute atomic E-state index is 0.255. The molecule has 0 spiro atoms. The molecule has 0 aliphatic heterocycles. The van der Waals surface area contributed by atoms with Crippen molar-refractivity contribution in [1.29, 1.82) is 0 Å². The molecule has 1 unspecified atom stereocenters. The topological polar surface area (TPSA) is 74.6 Å². The summed E-state index contributed by atoms with van der Waals surface area (Å²) >= 11 is 0. The van der Waals surface area contributed by atoms with Crippen LogP contribution in [0.1, 0.15) is 52.1 Å². The molecule has 0 heterocycles. The Kier molecular flexibility index (Phi) is 4.51. The van der Waals surface area contributed by atoms with Gasteiger partial charge in [0.05, 0.1) is 11.1 Å². The van der Waals surface area contributed by atoms with Crippen LogP contribution >= 0.6 is 0 Å². The number of rotatable bonds is 4. The van der Waals surface area contributed by atoms with Crippen molar-refractivity contribution in [2.24, 2.45) is 0 Å². The van der Waals surface area contributed by atoms with Crippen molar-refractivity contribution in [2.45, 2.75) is 25.7 Å². The number of benzene rings is 2. The lowest BCUT2D eigenvalue weighted by Crippen LogP contribution is -2.25. The molecule has 1 aliphatic rings. The van der Waals surface area contributed by atoms with E-state index in [9.17, 15) is 9.59 Å². The molecule has 0 radical (unpaired) electrons. The maximum atomic E-state index is 11.1. The summed E-state index contributed by atoms with van der Waals surface area (Å²) in [6.45, 7) is 4.17. The van der Waals surface area contributed by atoms with Gasteiger partial charge in [0.2, 0.25) is 0 Å². The Bertz CT molecular complexity index is 918. The Hall–Kier alpha value is -3.14. The van der Waals surface area contributed by atoms with Gasteiger partial charge in [-0.25, -0.2) is 9.59 Å². The summed E-state index contributed by atoms with van der Waals surface area (Å²) in [7, 11) is 0. The van der Waals surface area contributed by atoms with E-state index in [0.29, 0.717) is 0 Å². The summed E-state index contributed by atoms with van der Waals surface area (Å²) < 4.78 is 0. The predicted molar refractivity (Wildman–Crippen MR) is 101 cm³/mol. The molecule has 0 saturated heterocycles. The summed E-state index contributed by atoms with van der Waals surface area (Å²) in [6, 6.07) is 13.9. The zero-order chi connectivity index (χ0) is 18.9. The van der Waals surface area contributed by atoms with E-state index in [-0.39, 0.29) is 16.5 Å². The Morgan fingerprint density at radius 2 is 1.38 bits per heavy atom. The number of carboxylic acids is 2. The molecule has 132 valence electrons. The SMILES string of the molecule is CC1=CCC(C)(c2ccc(C(=O)O)cc2)C(c2ccc(C(=O)O)cc2)=C1. The Morgan fingerprint density at radius 1 is 0.885 bits per heavy atom. The van der Waals surface area contributed by atoms with Crippen LogP contribution in [0.2, 0.25) is 0 Å². The lowest BCUT2D eigenvalue weighted by atomic mass is 9.68. The van der Waals surface area contributed by atoms with Gasteiger partial charge in [-0.3, -0.25) is 0 Å². The van der Waals surface area contributed by atoms with E-state index in [1.807, 2.05) is 31.2 Å². The molecule has 0 fully saturated rings. The molecule has 2 N–H and O–H groups in total. The summed E-state index contributed by atoms with van der Waals surface area (Å²) in [5, 5.41) is 18.2. The van der Waals surface area contributed by atoms with Crippen LogP contribution in [-0.4, -0.2) is 22.2 Å². The first kappa shape index (κ1) is 17.7. The molecule has 26 heavy (non-hydrogen) atoms. The van der Waals surface area contributed by atoms with Crippen LogP contribution in [0, 0.1) is 0 Å². The van der Waals surface area contributed by atoms with Gasteiger partial charge in [-0.2, -0.15) is 0 Å². The number of aromatic carboxylic acids is 2. The zero-order valence-corrected chi connectivity index (χ0v) is 14.7. The number of hydrogen-bond acceptors (Lipinski definition) is 2. The summed E-state index contributed by atoms with van der Waals surface area (Å²) in [5.74, 6) is -1.89. The van der Waals surface area contributed by atoms with E-state index in [1.165, 1.54) is 0 Å². The second-order valence-corrected chi connectivity index (χ2v) is 6.81. The van der Waals surface area contributed by atoms with Crippen molar-refractivity contribution in [2.75, 3.05) is 0 Å². The van der Waals surface area contributed by atoms with Crippen LogP contribution in [-0.2, 0) is 5.41 Å². The van der Waals surface area contributed by atoms with Crippen molar-refractivity contribution < 1.29 is 19.8 Å². The monoisotopic (exact) mass is 348 g/mol. The molecule has 1 atom stereocenters. The van der Waals surface area contributed by atoms with Crippen molar-refractivity contribution in [3.8, 4) is 0 Å². The number of allylic oxidation sites excluding steroid dienone is 4. The number of carboxylic acid groups (broad SMARTS) is 2. The van der Waals surface area contributed by atoms with Crippen molar-refractivity contribution >= 4 is 17.5 Å². The lowest BCUT2D eigenvalue weighted by molar-refractivity contribution is 0.0686. The fourth-order valence-electron chi connectivity index (χ4n) is 3.37. The fraction of sp³-hybridized carbons (Fsp3) is 0.182. The Labute approximate surface area is 152 Å². The Balaban J connectivity index is 2.06. The molecule has 3 rings (SSSR count). The van der Waals surface area contributed by atoms with E-state index in [1.54, 1.807) is 24.3 Å². The summed E-state index contributed by atoms with van der Waals surface area (Å²) in [4.78, 5) is 22.2. The van der Waals surface area contributed by atoms with E-state index >= 15 is 0 Å². The van der Waals surface area contributed by atoms with Gasteiger partial charge in [0.15, 0.2) is 0 Å². The van der Waals surface area contributed by atoms with Gasteiger partial charge in [-0.1, -0.05) is 48.9 Å². The van der Waals surface area contributed by atoms with Gasteiger partial charge in [-0.05, 0) is 54.3 Å². The maximum absolute atomic E-state index is 11.1. The fourth-order valence-corrected chi connectivity index (χ4v) is 3.37. The molecule has 4 nitrogen and oxygen atoms in total. The minimum atomic E-state index is -0.947. The van der Waals surface area contributed by atoms with Gasteiger partial charge in [0, 0.05) is 5.41 Å². The molecule has 4 heteroatoms. The van der Waals surface area contributed by atoms with E-state index in [0.717, 1.165) is 28.7 Å².